The molecule has 1 heterocycles. The number of hydrogen-bond donors (Lipinski definition) is 1. The standard InChI is InChI=1S/C17H25NO2/c1-2-18-15-7-5-3-4-6-14(15)13-8-9-16-17(12-13)20-11-10-19-16/h8-9,12,14-15,18H,2-7,10-11H2,1H3. The Morgan fingerprint density at radius 3 is 2.70 bits per heavy atom. The molecule has 2 unspecified atom stereocenters. The topological polar surface area (TPSA) is 30.5 Å². The lowest BCUT2D eigenvalue weighted by Crippen LogP contribution is -2.34. The predicted octanol–water partition coefficient (Wildman–Crippen LogP) is 3.48. The summed E-state index contributed by atoms with van der Waals surface area (Å²) in [6.45, 7) is 4.57. The van der Waals surface area contributed by atoms with E-state index in [1.165, 1.54) is 37.7 Å². The van der Waals surface area contributed by atoms with Crippen LogP contribution in [0.1, 0.15) is 50.5 Å². The molecule has 1 fully saturated rings. The van der Waals surface area contributed by atoms with E-state index < -0.39 is 0 Å². The third-order valence-corrected chi connectivity index (χ3v) is 4.48. The Morgan fingerprint density at radius 2 is 1.85 bits per heavy atom. The van der Waals surface area contributed by atoms with Gasteiger partial charge in [-0.1, -0.05) is 32.3 Å². The van der Waals surface area contributed by atoms with E-state index in [9.17, 15) is 0 Å². The third-order valence-electron chi connectivity index (χ3n) is 4.48. The summed E-state index contributed by atoms with van der Waals surface area (Å²) in [5.41, 5.74) is 1.40. The molecule has 0 aromatic heterocycles. The molecule has 0 spiro atoms. The molecule has 2 aliphatic rings. The van der Waals surface area contributed by atoms with Crippen LogP contribution in [0.25, 0.3) is 0 Å². The number of hydrogen-bond acceptors (Lipinski definition) is 3. The molecule has 1 aliphatic heterocycles. The molecule has 0 amide bonds. The first-order valence-corrected chi connectivity index (χ1v) is 8.01. The van der Waals surface area contributed by atoms with E-state index in [2.05, 4.69) is 30.4 Å². The number of likely N-dealkylation sites (N-methyl/N-ethyl adjacent to an activating group) is 1. The maximum Gasteiger partial charge on any atom is 0.161 e. The molecule has 0 radical (unpaired) electrons. The highest BCUT2D eigenvalue weighted by Gasteiger charge is 2.25. The summed E-state index contributed by atoms with van der Waals surface area (Å²) in [4.78, 5) is 0. The zero-order chi connectivity index (χ0) is 13.8. The third kappa shape index (κ3) is 2.93. The second kappa shape index (κ2) is 6.49. The van der Waals surface area contributed by atoms with Gasteiger partial charge in [-0.3, -0.25) is 0 Å². The first kappa shape index (κ1) is 13.7. The van der Waals surface area contributed by atoms with E-state index in [-0.39, 0.29) is 0 Å². The summed E-state index contributed by atoms with van der Waals surface area (Å²) in [6.07, 6.45) is 6.60. The Bertz CT molecular complexity index is 447. The molecule has 20 heavy (non-hydrogen) atoms. The minimum atomic E-state index is 0.602. The van der Waals surface area contributed by atoms with Gasteiger partial charge in [0.1, 0.15) is 13.2 Å². The van der Waals surface area contributed by atoms with E-state index >= 15 is 0 Å². The van der Waals surface area contributed by atoms with Gasteiger partial charge in [-0.25, -0.2) is 0 Å². The van der Waals surface area contributed by atoms with Gasteiger partial charge in [0.05, 0.1) is 0 Å². The number of ether oxygens (including phenoxy) is 2. The van der Waals surface area contributed by atoms with Crippen LogP contribution in [0.3, 0.4) is 0 Å². The molecule has 3 rings (SSSR count). The molecule has 1 aromatic carbocycles. The highest BCUT2D eigenvalue weighted by atomic mass is 16.6. The highest BCUT2D eigenvalue weighted by molar-refractivity contribution is 5.45. The van der Waals surface area contributed by atoms with E-state index in [1.54, 1.807) is 0 Å². The second-order valence-corrected chi connectivity index (χ2v) is 5.81. The second-order valence-electron chi connectivity index (χ2n) is 5.81. The Morgan fingerprint density at radius 1 is 1.05 bits per heavy atom. The Kier molecular flexibility index (Phi) is 4.46. The van der Waals surface area contributed by atoms with Crippen LogP contribution in [0.5, 0.6) is 11.5 Å². The van der Waals surface area contributed by atoms with Gasteiger partial charge in [0.15, 0.2) is 11.5 Å². The molecule has 1 saturated carbocycles. The highest BCUT2D eigenvalue weighted by Crippen LogP contribution is 2.37. The van der Waals surface area contributed by atoms with Crippen molar-refractivity contribution < 1.29 is 9.47 Å². The molecule has 110 valence electrons. The molecule has 0 saturated heterocycles. The number of benzene rings is 1. The minimum Gasteiger partial charge on any atom is -0.486 e. The number of fused-ring (bicyclic) bond motifs is 1. The fraction of sp³-hybridized carbons (Fsp3) is 0.647. The van der Waals surface area contributed by atoms with Crippen molar-refractivity contribution in [1.29, 1.82) is 0 Å². The summed E-state index contributed by atoms with van der Waals surface area (Å²) in [5, 5.41) is 3.68. The van der Waals surface area contributed by atoms with E-state index in [0.29, 0.717) is 25.2 Å². The molecular weight excluding hydrogens is 250 g/mol. The summed E-state index contributed by atoms with van der Waals surface area (Å²) < 4.78 is 11.4. The lowest BCUT2D eigenvalue weighted by Gasteiger charge is -2.28. The SMILES string of the molecule is CCNC1CCCCCC1c1ccc2c(c1)OCCO2. The monoisotopic (exact) mass is 275 g/mol. The van der Waals surface area contributed by atoms with Crippen LogP contribution in [0.4, 0.5) is 0 Å². The van der Waals surface area contributed by atoms with Crippen molar-refractivity contribution >= 4 is 0 Å². The Hall–Kier alpha value is -1.22. The maximum atomic E-state index is 5.74. The van der Waals surface area contributed by atoms with Crippen LogP contribution >= 0.6 is 0 Å². The van der Waals surface area contributed by atoms with Gasteiger partial charge in [-0.15, -0.1) is 0 Å². The van der Waals surface area contributed by atoms with Gasteiger partial charge in [0, 0.05) is 6.04 Å². The van der Waals surface area contributed by atoms with Crippen LogP contribution in [0, 0.1) is 0 Å². The first-order chi connectivity index (χ1) is 9.88. The quantitative estimate of drug-likeness (QED) is 0.857. The van der Waals surface area contributed by atoms with Crippen molar-refractivity contribution in [1.82, 2.24) is 5.32 Å². The molecule has 2 atom stereocenters. The molecule has 3 heteroatoms. The largest absolute Gasteiger partial charge is 0.486 e. The summed E-state index contributed by atoms with van der Waals surface area (Å²) in [5.74, 6) is 2.43. The Balaban J connectivity index is 1.84. The van der Waals surface area contributed by atoms with E-state index in [1.807, 2.05) is 0 Å². The average Bonchev–Trinajstić information content (AvgIpc) is 2.73. The fourth-order valence-corrected chi connectivity index (χ4v) is 3.50. The molecule has 1 N–H and O–H groups in total. The van der Waals surface area contributed by atoms with Crippen molar-refractivity contribution in [3.63, 3.8) is 0 Å². The van der Waals surface area contributed by atoms with Crippen molar-refractivity contribution in [3.8, 4) is 11.5 Å². The first-order valence-electron chi connectivity index (χ1n) is 8.01. The van der Waals surface area contributed by atoms with Crippen LogP contribution in [-0.2, 0) is 0 Å². The van der Waals surface area contributed by atoms with Crippen LogP contribution in [0.2, 0.25) is 0 Å². The van der Waals surface area contributed by atoms with Gasteiger partial charge in [-0.05, 0) is 43.0 Å². The van der Waals surface area contributed by atoms with Gasteiger partial charge < -0.3 is 14.8 Å². The van der Waals surface area contributed by atoms with Crippen molar-refractivity contribution in [2.75, 3.05) is 19.8 Å². The van der Waals surface area contributed by atoms with E-state index in [0.717, 1.165) is 18.0 Å². The maximum absolute atomic E-state index is 5.74. The lowest BCUT2D eigenvalue weighted by atomic mass is 9.87. The summed E-state index contributed by atoms with van der Waals surface area (Å²) in [7, 11) is 0. The molecule has 1 aromatic rings. The van der Waals surface area contributed by atoms with Crippen LogP contribution in [0.15, 0.2) is 18.2 Å². The van der Waals surface area contributed by atoms with Gasteiger partial charge in [-0.2, -0.15) is 0 Å². The molecular formula is C17H25NO2. The van der Waals surface area contributed by atoms with Gasteiger partial charge in [0.25, 0.3) is 0 Å². The van der Waals surface area contributed by atoms with Crippen molar-refractivity contribution in [2.24, 2.45) is 0 Å². The van der Waals surface area contributed by atoms with Crippen molar-refractivity contribution in [3.05, 3.63) is 23.8 Å². The van der Waals surface area contributed by atoms with Gasteiger partial charge >= 0.3 is 0 Å². The van der Waals surface area contributed by atoms with Crippen LogP contribution < -0.4 is 14.8 Å². The number of rotatable bonds is 3. The van der Waals surface area contributed by atoms with Crippen molar-refractivity contribution in [2.45, 2.75) is 51.0 Å². The summed E-state index contributed by atoms with van der Waals surface area (Å²) in [6, 6.07) is 7.12. The molecule has 3 nitrogen and oxygen atoms in total. The van der Waals surface area contributed by atoms with Gasteiger partial charge in [0.2, 0.25) is 0 Å². The van der Waals surface area contributed by atoms with Crippen LogP contribution in [-0.4, -0.2) is 25.8 Å². The predicted molar refractivity (Wildman–Crippen MR) is 80.7 cm³/mol. The zero-order valence-electron chi connectivity index (χ0n) is 12.4. The lowest BCUT2D eigenvalue weighted by molar-refractivity contribution is 0.171. The smallest absolute Gasteiger partial charge is 0.161 e. The molecule has 0 bridgehead atoms. The fourth-order valence-electron chi connectivity index (χ4n) is 3.50. The minimum absolute atomic E-state index is 0.602. The zero-order valence-corrected chi connectivity index (χ0v) is 12.4. The summed E-state index contributed by atoms with van der Waals surface area (Å²) >= 11 is 0. The van der Waals surface area contributed by atoms with E-state index in [4.69, 9.17) is 9.47 Å². The average molecular weight is 275 g/mol. The number of nitrogens with one attached hydrogen (secondary N) is 1. The Labute approximate surface area is 121 Å². The molecule has 1 aliphatic carbocycles. The normalized spacial score (nSPS) is 26.1.